The first-order valence-corrected chi connectivity index (χ1v) is 12.3. The van der Waals surface area contributed by atoms with Crippen molar-refractivity contribution in [3.05, 3.63) is 73.7 Å². The minimum Gasteiger partial charge on any atom is -1.00 e. The quantitative estimate of drug-likeness (QED) is 0.368. The summed E-state index contributed by atoms with van der Waals surface area (Å²) < 4.78 is 1.64. The third-order valence-corrected chi connectivity index (χ3v) is 11.7. The van der Waals surface area contributed by atoms with Gasteiger partial charge in [0.25, 0.3) is 0 Å². The SMILES string of the molecule is CC1=C(C)C(CC2(C)C=CC=CC2)([SiH2]c2cc(C)c(C)c(C)c2)[C]([Ti+3])=C1C.[Cl-].[Cl-].[Cl-]. The maximum atomic E-state index is 2.48. The van der Waals surface area contributed by atoms with Gasteiger partial charge in [-0.2, -0.15) is 0 Å². The Kier molecular flexibility index (Phi) is 11.2. The van der Waals surface area contributed by atoms with Gasteiger partial charge in [-0.3, -0.25) is 0 Å². The zero-order valence-electron chi connectivity index (χ0n) is 19.2. The smallest absolute Gasteiger partial charge is 1.00 e. The number of hydrogen-bond acceptors (Lipinski definition) is 0. The molecule has 162 valence electrons. The van der Waals surface area contributed by atoms with Crippen LogP contribution < -0.4 is 42.4 Å². The molecular weight excluding hydrogens is 483 g/mol. The monoisotopic (exact) mass is 514 g/mol. The van der Waals surface area contributed by atoms with Crippen LogP contribution in [0.4, 0.5) is 0 Å². The number of benzene rings is 1. The molecule has 2 aliphatic rings. The summed E-state index contributed by atoms with van der Waals surface area (Å²) >= 11 is 2.42. The molecule has 0 saturated heterocycles. The van der Waals surface area contributed by atoms with Crippen LogP contribution in [-0.2, 0) is 20.4 Å². The molecule has 2 atom stereocenters. The van der Waals surface area contributed by atoms with Gasteiger partial charge in [-0.25, -0.2) is 0 Å². The van der Waals surface area contributed by atoms with E-state index in [0.717, 1.165) is 6.42 Å². The van der Waals surface area contributed by atoms with Crippen molar-refractivity contribution in [1.82, 2.24) is 0 Å². The molecule has 1 aromatic rings. The fourth-order valence-corrected chi connectivity index (χ4v) is 9.37. The van der Waals surface area contributed by atoms with Crippen LogP contribution in [0.2, 0.25) is 5.04 Å². The first kappa shape index (κ1) is 30.0. The summed E-state index contributed by atoms with van der Waals surface area (Å²) in [5.41, 5.74) is 9.34. The van der Waals surface area contributed by atoms with Crippen LogP contribution in [0.15, 0.2) is 57.0 Å². The van der Waals surface area contributed by atoms with E-state index in [1.165, 1.54) is 23.1 Å². The van der Waals surface area contributed by atoms with E-state index in [0.29, 0.717) is 0 Å². The van der Waals surface area contributed by atoms with Crippen LogP contribution in [0.25, 0.3) is 0 Å². The minimum absolute atomic E-state index is 0. The second-order valence-electron chi connectivity index (χ2n) is 9.19. The van der Waals surface area contributed by atoms with Crippen molar-refractivity contribution in [1.29, 1.82) is 0 Å². The summed E-state index contributed by atoms with van der Waals surface area (Å²) in [7, 11) is -0.515. The van der Waals surface area contributed by atoms with Gasteiger partial charge in [0, 0.05) is 0 Å². The third-order valence-electron chi connectivity index (χ3n) is 7.22. The molecule has 30 heavy (non-hydrogen) atoms. The molecule has 0 amide bonds. The summed E-state index contributed by atoms with van der Waals surface area (Å²) in [6.45, 7) is 16.4. The first-order chi connectivity index (χ1) is 12.6. The van der Waals surface area contributed by atoms with Crippen molar-refractivity contribution in [2.45, 2.75) is 66.3 Å². The molecule has 0 aliphatic heterocycles. The Morgan fingerprint density at radius 2 is 1.47 bits per heavy atom. The summed E-state index contributed by atoms with van der Waals surface area (Å²) in [6, 6.07) is 4.97. The third kappa shape index (κ3) is 5.48. The van der Waals surface area contributed by atoms with Crippen LogP contribution in [0, 0.1) is 26.2 Å². The van der Waals surface area contributed by atoms with E-state index in [-0.39, 0.29) is 47.7 Å². The molecular formula is C25H33Cl3SiTi. The van der Waals surface area contributed by atoms with Crippen molar-refractivity contribution in [2.24, 2.45) is 5.41 Å². The van der Waals surface area contributed by atoms with Gasteiger partial charge in [0.1, 0.15) is 0 Å². The van der Waals surface area contributed by atoms with Gasteiger partial charge >= 0.3 is 181 Å². The zero-order chi connectivity index (χ0) is 20.0. The predicted octanol–water partition coefficient (Wildman–Crippen LogP) is -3.34. The van der Waals surface area contributed by atoms with E-state index in [1.807, 2.05) is 0 Å². The molecule has 2 aliphatic carbocycles. The molecule has 0 bridgehead atoms. The number of rotatable bonds is 4. The second-order valence-corrected chi connectivity index (χ2v) is 12.3. The Hall–Kier alpha value is -0.0188. The topological polar surface area (TPSA) is 0 Å². The van der Waals surface area contributed by atoms with Gasteiger partial charge < -0.3 is 37.2 Å². The van der Waals surface area contributed by atoms with E-state index in [9.17, 15) is 0 Å². The van der Waals surface area contributed by atoms with Gasteiger partial charge in [0.15, 0.2) is 0 Å². The van der Waals surface area contributed by atoms with Crippen LogP contribution in [0.5, 0.6) is 0 Å². The summed E-state index contributed by atoms with van der Waals surface area (Å²) in [5.74, 6) is 0. The second kappa shape index (κ2) is 11.2. The first-order valence-electron chi connectivity index (χ1n) is 10.1. The van der Waals surface area contributed by atoms with Crippen molar-refractivity contribution in [3.8, 4) is 0 Å². The van der Waals surface area contributed by atoms with E-state index in [1.54, 1.807) is 25.8 Å². The van der Waals surface area contributed by atoms with Gasteiger partial charge in [0.05, 0.1) is 0 Å². The zero-order valence-corrected chi connectivity index (χ0v) is 24.5. The van der Waals surface area contributed by atoms with E-state index in [2.05, 4.69) is 105 Å². The standard InChI is InChI=1S/C25H33Si.3ClH.Ti/c1-17-13-23(14-18(2)20(17)4)26-25(15-19(3)21(5)22(25)6)16-24(7)11-9-8-10-12-24;;;;/h8-11,13-14H,12,16,26H2,1-7H3;3*1H;/q;;;;+3/p-3. The fourth-order valence-electron chi connectivity index (χ4n) is 5.05. The van der Waals surface area contributed by atoms with Crippen LogP contribution >= 0.6 is 0 Å². The van der Waals surface area contributed by atoms with Gasteiger partial charge in [-0.05, 0) is 0 Å². The van der Waals surface area contributed by atoms with Crippen LogP contribution in [0.1, 0.15) is 57.2 Å². The number of allylic oxidation sites excluding steroid dienone is 8. The van der Waals surface area contributed by atoms with Crippen molar-refractivity contribution >= 4 is 14.7 Å². The van der Waals surface area contributed by atoms with E-state index < -0.39 is 9.52 Å². The molecule has 0 aromatic heterocycles. The number of halogens is 3. The maximum absolute atomic E-state index is 2.48. The molecule has 5 heteroatoms. The normalized spacial score (nSPS) is 25.5. The van der Waals surface area contributed by atoms with Crippen molar-refractivity contribution in [3.63, 3.8) is 0 Å². The van der Waals surface area contributed by atoms with E-state index >= 15 is 0 Å². The van der Waals surface area contributed by atoms with Crippen molar-refractivity contribution < 1.29 is 57.7 Å². The molecule has 0 heterocycles. The fraction of sp³-hybridized carbons (Fsp3) is 0.440. The largest absolute Gasteiger partial charge is 1.00 e. The molecule has 0 spiro atoms. The molecule has 0 N–H and O–H groups in total. The molecule has 0 radical (unpaired) electrons. The maximum Gasteiger partial charge on any atom is -1.00 e. The number of aryl methyl sites for hydroxylation is 2. The summed E-state index contributed by atoms with van der Waals surface area (Å²) in [4.78, 5) is 0. The molecule has 3 rings (SSSR count). The Balaban J connectivity index is 0.00000280. The average molecular weight is 516 g/mol. The van der Waals surface area contributed by atoms with Crippen LogP contribution in [0.3, 0.4) is 0 Å². The van der Waals surface area contributed by atoms with Gasteiger partial charge in [0.2, 0.25) is 0 Å². The molecule has 1 aromatic carbocycles. The summed E-state index contributed by atoms with van der Waals surface area (Å²) in [5, 5.41) is 1.89. The molecule has 0 saturated carbocycles. The van der Waals surface area contributed by atoms with Gasteiger partial charge in [-0.15, -0.1) is 0 Å². The predicted molar refractivity (Wildman–Crippen MR) is 118 cm³/mol. The average Bonchev–Trinajstić information content (AvgIpc) is 2.76. The van der Waals surface area contributed by atoms with Crippen molar-refractivity contribution in [2.75, 3.05) is 0 Å². The molecule has 2 unspecified atom stereocenters. The molecule has 0 nitrogen and oxygen atoms in total. The van der Waals surface area contributed by atoms with E-state index in [4.69, 9.17) is 0 Å². The molecule has 0 fully saturated rings. The van der Waals surface area contributed by atoms with Gasteiger partial charge in [-0.1, -0.05) is 0 Å². The summed E-state index contributed by atoms with van der Waals surface area (Å²) in [6.07, 6.45) is 11.7. The Bertz CT molecular complexity index is 864. The Labute approximate surface area is 216 Å². The van der Waals surface area contributed by atoms with Crippen LogP contribution in [-0.4, -0.2) is 9.52 Å². The Morgan fingerprint density at radius 1 is 0.900 bits per heavy atom. The minimum atomic E-state index is -0.515. The number of hydrogen-bond donors (Lipinski definition) is 0. The Morgan fingerprint density at radius 3 is 1.90 bits per heavy atom.